The molecule has 0 unspecified atom stereocenters. The average molecular weight is 254 g/mol. The van der Waals surface area contributed by atoms with Gasteiger partial charge in [-0.1, -0.05) is 20.8 Å². The van der Waals surface area contributed by atoms with E-state index >= 15 is 0 Å². The van der Waals surface area contributed by atoms with Crippen molar-refractivity contribution in [3.05, 3.63) is 0 Å². The molecule has 0 rings (SSSR count). The summed E-state index contributed by atoms with van der Waals surface area (Å²) >= 11 is 0. The minimum atomic E-state index is -4.37. The zero-order chi connectivity index (χ0) is 13.7. The Bertz CT molecular complexity index is 246. The van der Waals surface area contributed by atoms with Gasteiger partial charge in [-0.15, -0.1) is 0 Å². The van der Waals surface area contributed by atoms with Gasteiger partial charge < -0.3 is 10.6 Å². The molecule has 0 spiro atoms. The second-order valence-corrected chi connectivity index (χ2v) is 5.28. The first-order valence-corrected chi connectivity index (χ1v) is 5.60. The van der Waals surface area contributed by atoms with E-state index in [4.69, 9.17) is 5.73 Å². The van der Waals surface area contributed by atoms with Crippen LogP contribution in [0.4, 0.5) is 13.2 Å². The van der Waals surface area contributed by atoms with E-state index in [1.54, 1.807) is 0 Å². The molecule has 17 heavy (non-hydrogen) atoms. The van der Waals surface area contributed by atoms with Crippen molar-refractivity contribution in [2.75, 3.05) is 19.6 Å². The summed E-state index contributed by atoms with van der Waals surface area (Å²) < 4.78 is 36.7. The van der Waals surface area contributed by atoms with E-state index in [1.807, 2.05) is 20.8 Å². The SMILES string of the molecule is CC(C)(C)CCC(=O)N(CCN)CC(F)(F)F. The maximum atomic E-state index is 12.2. The van der Waals surface area contributed by atoms with Gasteiger partial charge in [0.15, 0.2) is 0 Å². The second kappa shape index (κ2) is 6.23. The number of carbonyl (C=O) groups excluding carboxylic acids is 1. The highest BCUT2D eigenvalue weighted by molar-refractivity contribution is 5.76. The van der Waals surface area contributed by atoms with E-state index in [1.165, 1.54) is 0 Å². The van der Waals surface area contributed by atoms with Crippen molar-refractivity contribution in [3.8, 4) is 0 Å². The summed E-state index contributed by atoms with van der Waals surface area (Å²) in [5, 5.41) is 0. The lowest BCUT2D eigenvalue weighted by molar-refractivity contribution is -0.161. The van der Waals surface area contributed by atoms with Crippen molar-refractivity contribution < 1.29 is 18.0 Å². The summed E-state index contributed by atoms with van der Waals surface area (Å²) in [6.07, 6.45) is -3.68. The number of hydrogen-bond acceptors (Lipinski definition) is 2. The quantitative estimate of drug-likeness (QED) is 0.817. The van der Waals surface area contributed by atoms with Gasteiger partial charge in [-0.25, -0.2) is 0 Å². The maximum Gasteiger partial charge on any atom is 0.406 e. The normalized spacial score (nSPS) is 12.6. The third-order valence-electron chi connectivity index (χ3n) is 2.21. The predicted octanol–water partition coefficient (Wildman–Crippen LogP) is 2.16. The summed E-state index contributed by atoms with van der Waals surface area (Å²) in [5.41, 5.74) is 5.14. The van der Waals surface area contributed by atoms with Crippen LogP contribution in [0.3, 0.4) is 0 Å². The number of alkyl halides is 3. The lowest BCUT2D eigenvalue weighted by atomic mass is 9.90. The van der Waals surface area contributed by atoms with E-state index in [0.717, 1.165) is 4.90 Å². The number of hydrogen-bond donors (Lipinski definition) is 1. The molecule has 0 radical (unpaired) electrons. The lowest BCUT2D eigenvalue weighted by Gasteiger charge is -2.25. The van der Waals surface area contributed by atoms with Crippen LogP contribution in [0, 0.1) is 5.41 Å². The van der Waals surface area contributed by atoms with Gasteiger partial charge in [0.2, 0.25) is 5.91 Å². The van der Waals surface area contributed by atoms with Gasteiger partial charge in [0, 0.05) is 19.5 Å². The van der Waals surface area contributed by atoms with Gasteiger partial charge in [-0.05, 0) is 11.8 Å². The Morgan fingerprint density at radius 1 is 1.24 bits per heavy atom. The first-order valence-electron chi connectivity index (χ1n) is 5.60. The van der Waals surface area contributed by atoms with Crippen LogP contribution in [0.25, 0.3) is 0 Å². The fourth-order valence-electron chi connectivity index (χ4n) is 1.30. The van der Waals surface area contributed by atoms with Crippen molar-refractivity contribution in [2.45, 2.75) is 39.8 Å². The lowest BCUT2D eigenvalue weighted by Crippen LogP contribution is -2.41. The van der Waals surface area contributed by atoms with Crippen molar-refractivity contribution in [1.82, 2.24) is 4.90 Å². The number of nitrogens with two attached hydrogens (primary N) is 1. The third kappa shape index (κ3) is 8.97. The second-order valence-electron chi connectivity index (χ2n) is 5.28. The first kappa shape index (κ1) is 16.2. The minimum Gasteiger partial charge on any atom is -0.332 e. The van der Waals surface area contributed by atoms with Crippen LogP contribution < -0.4 is 5.73 Å². The molecular weight excluding hydrogens is 233 g/mol. The summed E-state index contributed by atoms with van der Waals surface area (Å²) in [4.78, 5) is 12.4. The number of amides is 1. The number of carbonyl (C=O) groups is 1. The maximum absolute atomic E-state index is 12.2. The summed E-state index contributed by atoms with van der Waals surface area (Å²) in [5.74, 6) is -0.484. The molecule has 0 fully saturated rings. The fourth-order valence-corrected chi connectivity index (χ4v) is 1.30. The molecule has 3 nitrogen and oxygen atoms in total. The smallest absolute Gasteiger partial charge is 0.332 e. The molecule has 6 heteroatoms. The number of nitrogens with zero attached hydrogens (tertiary/aromatic N) is 1. The molecule has 0 aliphatic heterocycles. The van der Waals surface area contributed by atoms with Crippen LogP contribution >= 0.6 is 0 Å². The molecule has 0 aromatic heterocycles. The van der Waals surface area contributed by atoms with E-state index < -0.39 is 18.6 Å². The van der Waals surface area contributed by atoms with Crippen LogP contribution in [0.5, 0.6) is 0 Å². The Labute approximate surface area is 100 Å². The average Bonchev–Trinajstić information content (AvgIpc) is 2.10. The van der Waals surface area contributed by atoms with Gasteiger partial charge in [-0.2, -0.15) is 13.2 Å². The zero-order valence-corrected chi connectivity index (χ0v) is 10.6. The molecule has 0 bridgehead atoms. The molecule has 0 saturated heterocycles. The van der Waals surface area contributed by atoms with Gasteiger partial charge >= 0.3 is 6.18 Å². The zero-order valence-electron chi connectivity index (χ0n) is 10.6. The number of halogens is 3. The molecule has 2 N–H and O–H groups in total. The highest BCUT2D eigenvalue weighted by Gasteiger charge is 2.32. The predicted molar refractivity (Wildman–Crippen MR) is 60.4 cm³/mol. The Morgan fingerprint density at radius 3 is 2.12 bits per heavy atom. The molecule has 0 aromatic carbocycles. The third-order valence-corrected chi connectivity index (χ3v) is 2.21. The van der Waals surface area contributed by atoms with Crippen LogP contribution in [-0.2, 0) is 4.79 Å². The van der Waals surface area contributed by atoms with Gasteiger partial charge in [0.25, 0.3) is 0 Å². The van der Waals surface area contributed by atoms with E-state index in [9.17, 15) is 18.0 Å². The Hall–Kier alpha value is -0.780. The fraction of sp³-hybridized carbons (Fsp3) is 0.909. The first-order chi connectivity index (χ1) is 7.55. The molecule has 102 valence electrons. The van der Waals surface area contributed by atoms with Crippen molar-refractivity contribution in [2.24, 2.45) is 11.1 Å². The summed E-state index contributed by atoms with van der Waals surface area (Å²) in [6, 6.07) is 0. The Morgan fingerprint density at radius 2 is 1.76 bits per heavy atom. The van der Waals surface area contributed by atoms with E-state index in [2.05, 4.69) is 0 Å². The number of rotatable bonds is 5. The molecule has 1 amide bonds. The van der Waals surface area contributed by atoms with Gasteiger partial charge in [0.1, 0.15) is 6.54 Å². The topological polar surface area (TPSA) is 46.3 Å². The summed E-state index contributed by atoms with van der Waals surface area (Å²) in [7, 11) is 0. The van der Waals surface area contributed by atoms with Crippen LogP contribution in [0.1, 0.15) is 33.6 Å². The molecule has 0 aromatic rings. The highest BCUT2D eigenvalue weighted by Crippen LogP contribution is 2.22. The van der Waals surface area contributed by atoms with Crippen molar-refractivity contribution >= 4 is 5.91 Å². The monoisotopic (exact) mass is 254 g/mol. The standard InChI is InChI=1S/C11H21F3N2O/c1-10(2,3)5-4-9(17)16(7-6-15)8-11(12,13)14/h4-8,15H2,1-3H3. The minimum absolute atomic E-state index is 0.0390. The van der Waals surface area contributed by atoms with Gasteiger partial charge in [-0.3, -0.25) is 4.79 Å². The van der Waals surface area contributed by atoms with Crippen molar-refractivity contribution in [3.63, 3.8) is 0 Å². The van der Waals surface area contributed by atoms with Crippen LogP contribution in [0.15, 0.2) is 0 Å². The Balaban J connectivity index is 4.35. The van der Waals surface area contributed by atoms with E-state index in [0.29, 0.717) is 6.42 Å². The molecular formula is C11H21F3N2O. The Kier molecular flexibility index (Phi) is 5.95. The van der Waals surface area contributed by atoms with E-state index in [-0.39, 0.29) is 24.9 Å². The highest BCUT2D eigenvalue weighted by atomic mass is 19.4. The molecule has 0 atom stereocenters. The van der Waals surface area contributed by atoms with Gasteiger partial charge in [0.05, 0.1) is 0 Å². The molecule has 0 aliphatic rings. The molecule has 0 saturated carbocycles. The molecule has 0 heterocycles. The van der Waals surface area contributed by atoms with Crippen LogP contribution in [0.2, 0.25) is 0 Å². The summed E-state index contributed by atoms with van der Waals surface area (Å²) in [6.45, 7) is 4.60. The van der Waals surface area contributed by atoms with Crippen molar-refractivity contribution in [1.29, 1.82) is 0 Å². The molecule has 0 aliphatic carbocycles. The van der Waals surface area contributed by atoms with Crippen LogP contribution in [-0.4, -0.2) is 36.6 Å². The largest absolute Gasteiger partial charge is 0.406 e.